The molecule has 1 fully saturated rings. The summed E-state index contributed by atoms with van der Waals surface area (Å²) in [6, 6.07) is -11.6. The molecule has 0 radical (unpaired) electrons. The molecule has 25 nitrogen and oxygen atoms in total. The number of nitrogens with zero attached hydrogens (tertiary/aromatic N) is 1. The van der Waals surface area contributed by atoms with Gasteiger partial charge in [-0.05, 0) is 50.4 Å². The Kier molecular flexibility index (Phi) is 26.1. The van der Waals surface area contributed by atoms with Gasteiger partial charge in [0.05, 0.1) is 25.2 Å². The van der Waals surface area contributed by atoms with Crippen molar-refractivity contribution in [3.63, 3.8) is 0 Å². The molecule has 1 aliphatic rings. The van der Waals surface area contributed by atoms with Crippen LogP contribution in [0.15, 0.2) is 0 Å². The van der Waals surface area contributed by atoms with Gasteiger partial charge in [0.15, 0.2) is 6.04 Å². The van der Waals surface area contributed by atoms with Crippen LogP contribution in [-0.4, -0.2) is 168 Å². The Morgan fingerprint density at radius 2 is 1.18 bits per heavy atom. The van der Waals surface area contributed by atoms with E-state index in [1.807, 2.05) is 5.32 Å². The zero-order valence-corrected chi connectivity index (χ0v) is 38.0. The summed E-state index contributed by atoms with van der Waals surface area (Å²) in [5, 5.41) is 69.1. The molecule has 370 valence electrons. The van der Waals surface area contributed by atoms with Crippen LogP contribution in [0.1, 0.15) is 100 Å². The number of nitrogens with two attached hydrogens (primary N) is 1. The number of likely N-dealkylation sites (tertiary alicyclic amines) is 1. The number of aliphatic carboxylic acids is 4. The van der Waals surface area contributed by atoms with Crippen molar-refractivity contribution in [3.05, 3.63) is 0 Å². The summed E-state index contributed by atoms with van der Waals surface area (Å²) in [5.41, 5.74) is 5.84. The third kappa shape index (κ3) is 21.1. The number of carboxylic acid groups (broad SMARTS) is 4. The Hall–Kier alpha value is -5.95. The molecule has 0 aromatic rings. The number of hydrogen-bond donors (Lipinski definition) is 13. The number of aliphatic hydroxyl groups is 2. The highest BCUT2D eigenvalue weighted by Crippen LogP contribution is 2.21. The third-order valence-corrected chi connectivity index (χ3v) is 10.1. The molecule has 1 heterocycles. The molecule has 25 heteroatoms. The van der Waals surface area contributed by atoms with Gasteiger partial charge in [-0.25, -0.2) is 4.79 Å². The number of amides is 7. The van der Waals surface area contributed by atoms with Crippen molar-refractivity contribution >= 4 is 65.2 Å². The number of nitrogens with one attached hydrogen (secondary N) is 6. The number of hydrogen-bond acceptors (Lipinski definition) is 14. The molecule has 0 saturated carbocycles. The van der Waals surface area contributed by atoms with E-state index >= 15 is 0 Å². The number of carboxylic acids is 4. The molecule has 0 aromatic carbocycles. The summed E-state index contributed by atoms with van der Waals surface area (Å²) in [7, 11) is 0. The van der Waals surface area contributed by atoms with E-state index < -0.39 is 151 Å². The summed E-state index contributed by atoms with van der Waals surface area (Å²) in [6.07, 6.45) is -2.26. The second-order valence-corrected chi connectivity index (χ2v) is 16.5. The highest BCUT2D eigenvalue weighted by atomic mass is 16.4. The standard InChI is InChI=1S/C38H64N8O15.C2H4O2/c1-8-19(6)29(44-31(53)21(39)11-12-26(49)50)36(58)41-22(14-17(2)3)32(54)40-23(15-27(51)52)33(55)43-28(18(4)5)37(59)46-13-9-10-25(46)35(57)42-24(16-47)34(56)45-30(20(7)48)38(60)61;1-2(3)4/h17-25,28-30,47-48H,8-16,39H2,1-7H3,(H,40,54)(H,41,58)(H,42,57)(H,43,55)(H,44,53)(H,45,56)(H,49,50)(H,51,52)(H,60,61);1H3,(H,3,4). The predicted octanol–water partition coefficient (Wildman–Crippen LogP) is -3.15. The van der Waals surface area contributed by atoms with Gasteiger partial charge in [0.2, 0.25) is 41.4 Å². The molecular formula is C40H68N8O17. The summed E-state index contributed by atoms with van der Waals surface area (Å²) < 4.78 is 0. The predicted molar refractivity (Wildman–Crippen MR) is 227 cm³/mol. The van der Waals surface area contributed by atoms with Crippen LogP contribution in [0.2, 0.25) is 0 Å². The second kappa shape index (κ2) is 28.8. The van der Waals surface area contributed by atoms with Crippen molar-refractivity contribution in [2.24, 2.45) is 23.5 Å². The molecular weight excluding hydrogens is 864 g/mol. The van der Waals surface area contributed by atoms with Crippen molar-refractivity contribution in [1.29, 1.82) is 0 Å². The van der Waals surface area contributed by atoms with E-state index in [0.29, 0.717) is 12.8 Å². The monoisotopic (exact) mass is 932 g/mol. The molecule has 0 aliphatic carbocycles. The molecule has 1 rings (SSSR count). The summed E-state index contributed by atoms with van der Waals surface area (Å²) in [5.74, 6) is -12.8. The summed E-state index contributed by atoms with van der Waals surface area (Å²) in [4.78, 5) is 138. The Bertz CT molecular complexity index is 1690. The van der Waals surface area contributed by atoms with Crippen LogP contribution in [0.5, 0.6) is 0 Å². The topological polar surface area (TPSA) is 411 Å². The van der Waals surface area contributed by atoms with Gasteiger partial charge < -0.3 is 73.2 Å². The van der Waals surface area contributed by atoms with Gasteiger partial charge in [-0.15, -0.1) is 0 Å². The van der Waals surface area contributed by atoms with Gasteiger partial charge in [-0.3, -0.25) is 47.9 Å². The van der Waals surface area contributed by atoms with Gasteiger partial charge in [-0.1, -0.05) is 48.0 Å². The summed E-state index contributed by atoms with van der Waals surface area (Å²) >= 11 is 0. The lowest BCUT2D eigenvalue weighted by molar-refractivity contribution is -0.146. The lowest BCUT2D eigenvalue weighted by Gasteiger charge is -2.32. The first-order chi connectivity index (χ1) is 30.1. The average molecular weight is 933 g/mol. The average Bonchev–Trinajstić information content (AvgIpc) is 3.70. The smallest absolute Gasteiger partial charge is 0.328 e. The maximum Gasteiger partial charge on any atom is 0.328 e. The first kappa shape index (κ1) is 59.0. The number of carbonyl (C=O) groups excluding carboxylic acids is 7. The van der Waals surface area contributed by atoms with Crippen molar-refractivity contribution in [3.8, 4) is 0 Å². The lowest BCUT2D eigenvalue weighted by atomic mass is 9.96. The van der Waals surface area contributed by atoms with Crippen LogP contribution in [-0.2, 0) is 52.7 Å². The Morgan fingerprint density at radius 1 is 0.677 bits per heavy atom. The fourth-order valence-electron chi connectivity index (χ4n) is 6.35. The van der Waals surface area contributed by atoms with Crippen LogP contribution in [0, 0.1) is 17.8 Å². The van der Waals surface area contributed by atoms with Crippen LogP contribution >= 0.6 is 0 Å². The van der Waals surface area contributed by atoms with Gasteiger partial charge in [0.1, 0.15) is 36.3 Å². The first-order valence-electron chi connectivity index (χ1n) is 21.1. The van der Waals surface area contributed by atoms with E-state index in [-0.39, 0.29) is 31.7 Å². The Labute approximate surface area is 376 Å². The van der Waals surface area contributed by atoms with E-state index in [2.05, 4.69) is 26.6 Å². The first-order valence-corrected chi connectivity index (χ1v) is 21.1. The van der Waals surface area contributed by atoms with Crippen molar-refractivity contribution in [2.45, 2.75) is 155 Å². The molecule has 14 N–H and O–H groups in total. The van der Waals surface area contributed by atoms with E-state index in [1.165, 1.54) is 0 Å². The van der Waals surface area contributed by atoms with Gasteiger partial charge in [-0.2, -0.15) is 0 Å². The fourth-order valence-corrected chi connectivity index (χ4v) is 6.35. The summed E-state index contributed by atoms with van der Waals surface area (Å²) in [6.45, 7) is 11.3. The number of carbonyl (C=O) groups is 11. The van der Waals surface area contributed by atoms with E-state index in [9.17, 15) is 68.4 Å². The fraction of sp³-hybridized carbons (Fsp3) is 0.725. The number of rotatable bonds is 26. The molecule has 1 aliphatic heterocycles. The van der Waals surface area contributed by atoms with Crippen molar-refractivity contribution < 1.29 is 83.4 Å². The van der Waals surface area contributed by atoms with Crippen LogP contribution in [0.3, 0.4) is 0 Å². The van der Waals surface area contributed by atoms with Crippen LogP contribution in [0.4, 0.5) is 0 Å². The molecule has 1 saturated heterocycles. The molecule has 0 aromatic heterocycles. The maximum absolute atomic E-state index is 14.0. The highest BCUT2D eigenvalue weighted by molar-refractivity contribution is 5.98. The quantitative estimate of drug-likeness (QED) is 0.0407. The van der Waals surface area contributed by atoms with E-state index in [0.717, 1.165) is 18.7 Å². The normalized spacial score (nSPS) is 17.5. The SMILES string of the molecule is CC(=O)O.CCC(C)C(NC(=O)C(N)CCC(=O)O)C(=O)NC(CC(C)C)C(=O)NC(CC(=O)O)C(=O)NC(C(=O)N1CCCC1C(=O)NC(CO)C(=O)NC(C(=O)O)C(C)O)C(C)C. The minimum absolute atomic E-state index is 0.00327. The lowest BCUT2D eigenvalue weighted by Crippen LogP contribution is -2.61. The van der Waals surface area contributed by atoms with Gasteiger partial charge in [0, 0.05) is 19.9 Å². The van der Waals surface area contributed by atoms with Crippen LogP contribution < -0.4 is 37.6 Å². The maximum atomic E-state index is 14.0. The van der Waals surface area contributed by atoms with Crippen molar-refractivity contribution in [1.82, 2.24) is 36.8 Å². The minimum atomic E-state index is -1.78. The molecule has 0 spiro atoms. The Balaban J connectivity index is 0.00000979. The highest BCUT2D eigenvalue weighted by Gasteiger charge is 2.41. The minimum Gasteiger partial charge on any atom is -0.481 e. The van der Waals surface area contributed by atoms with Gasteiger partial charge >= 0.3 is 17.9 Å². The van der Waals surface area contributed by atoms with E-state index in [4.69, 9.17) is 20.7 Å². The second-order valence-electron chi connectivity index (χ2n) is 16.5. The molecule has 65 heavy (non-hydrogen) atoms. The van der Waals surface area contributed by atoms with E-state index in [1.54, 1.807) is 41.5 Å². The molecule has 10 atom stereocenters. The molecule has 7 amide bonds. The van der Waals surface area contributed by atoms with Crippen molar-refractivity contribution in [2.75, 3.05) is 13.2 Å². The van der Waals surface area contributed by atoms with Gasteiger partial charge in [0.25, 0.3) is 5.97 Å². The third-order valence-electron chi connectivity index (χ3n) is 10.1. The molecule has 10 unspecified atom stereocenters. The van der Waals surface area contributed by atoms with Crippen LogP contribution in [0.25, 0.3) is 0 Å². The molecule has 0 bridgehead atoms. The number of aliphatic hydroxyl groups excluding tert-OH is 2. The zero-order valence-electron chi connectivity index (χ0n) is 38.0. The Morgan fingerprint density at radius 3 is 1.65 bits per heavy atom. The largest absolute Gasteiger partial charge is 0.481 e. The zero-order chi connectivity index (χ0) is 50.5.